The fourth-order valence-electron chi connectivity index (χ4n) is 2.55. The van der Waals surface area contributed by atoms with Crippen LogP contribution >= 0.6 is 0 Å². The highest BCUT2D eigenvalue weighted by molar-refractivity contribution is 5.13. The quantitative estimate of drug-likeness (QED) is 0.715. The molecule has 1 heterocycles. The SMILES string of the molecule is C[C@@H]1C[C@H]1c1cnc(C2CCCC2)o1. The monoisotopic (exact) mass is 191 g/mol. The Hall–Kier alpha value is -0.790. The minimum Gasteiger partial charge on any atom is -0.445 e. The lowest BCUT2D eigenvalue weighted by atomic mass is 10.1. The molecule has 1 aromatic heterocycles. The van der Waals surface area contributed by atoms with E-state index in [0.717, 1.165) is 17.6 Å². The van der Waals surface area contributed by atoms with E-state index < -0.39 is 0 Å². The van der Waals surface area contributed by atoms with E-state index in [1.807, 2.05) is 6.20 Å². The van der Waals surface area contributed by atoms with Crippen LogP contribution in [0.3, 0.4) is 0 Å². The van der Waals surface area contributed by atoms with Gasteiger partial charge in [0.2, 0.25) is 0 Å². The van der Waals surface area contributed by atoms with Crippen molar-refractivity contribution in [3.63, 3.8) is 0 Å². The molecule has 0 aromatic carbocycles. The zero-order valence-corrected chi connectivity index (χ0v) is 8.70. The molecule has 0 aliphatic heterocycles. The second-order valence-electron chi connectivity index (χ2n) is 4.90. The number of nitrogens with zero attached hydrogens (tertiary/aromatic N) is 1. The summed E-state index contributed by atoms with van der Waals surface area (Å²) in [5.41, 5.74) is 0. The Morgan fingerprint density at radius 1 is 1.36 bits per heavy atom. The molecule has 76 valence electrons. The molecule has 2 nitrogen and oxygen atoms in total. The van der Waals surface area contributed by atoms with Crippen LogP contribution in [0.5, 0.6) is 0 Å². The standard InChI is InChI=1S/C12H17NO/c1-8-6-10(8)11-7-13-12(14-11)9-4-2-3-5-9/h7-10H,2-6H2,1H3/t8-,10-/m1/s1. The van der Waals surface area contributed by atoms with Gasteiger partial charge in [0.15, 0.2) is 5.89 Å². The smallest absolute Gasteiger partial charge is 0.197 e. The minimum absolute atomic E-state index is 0.623. The van der Waals surface area contributed by atoms with E-state index in [2.05, 4.69) is 11.9 Å². The minimum atomic E-state index is 0.623. The third kappa shape index (κ3) is 1.37. The molecule has 2 aliphatic rings. The molecule has 0 bridgehead atoms. The van der Waals surface area contributed by atoms with Crippen molar-refractivity contribution in [1.82, 2.24) is 4.98 Å². The van der Waals surface area contributed by atoms with Gasteiger partial charge in [0.1, 0.15) is 5.76 Å². The molecule has 0 radical (unpaired) electrons. The predicted molar refractivity (Wildman–Crippen MR) is 54.2 cm³/mol. The number of aromatic nitrogens is 1. The molecule has 2 saturated carbocycles. The fraction of sp³-hybridized carbons (Fsp3) is 0.750. The summed E-state index contributed by atoms with van der Waals surface area (Å²) in [5.74, 6) is 4.27. The van der Waals surface area contributed by atoms with Crippen LogP contribution in [0.4, 0.5) is 0 Å². The lowest BCUT2D eigenvalue weighted by Crippen LogP contribution is -1.90. The van der Waals surface area contributed by atoms with Gasteiger partial charge in [-0.1, -0.05) is 19.8 Å². The van der Waals surface area contributed by atoms with Crippen LogP contribution < -0.4 is 0 Å². The molecule has 2 aliphatic carbocycles. The lowest BCUT2D eigenvalue weighted by Gasteiger charge is -2.01. The first-order valence-electron chi connectivity index (χ1n) is 5.80. The van der Waals surface area contributed by atoms with E-state index >= 15 is 0 Å². The summed E-state index contributed by atoms with van der Waals surface area (Å²) in [6, 6.07) is 0. The summed E-state index contributed by atoms with van der Waals surface area (Å²) in [5, 5.41) is 0. The third-order valence-corrected chi connectivity index (χ3v) is 3.72. The maximum absolute atomic E-state index is 5.85. The summed E-state index contributed by atoms with van der Waals surface area (Å²) in [6.07, 6.45) is 8.51. The summed E-state index contributed by atoms with van der Waals surface area (Å²) < 4.78 is 5.85. The molecule has 2 atom stereocenters. The first-order chi connectivity index (χ1) is 6.84. The molecular weight excluding hydrogens is 174 g/mol. The van der Waals surface area contributed by atoms with Crippen molar-refractivity contribution in [2.24, 2.45) is 5.92 Å². The molecule has 0 unspecified atom stereocenters. The average Bonchev–Trinajstić information content (AvgIpc) is 2.72. The van der Waals surface area contributed by atoms with Gasteiger partial charge >= 0.3 is 0 Å². The van der Waals surface area contributed by atoms with Gasteiger partial charge in [-0.25, -0.2) is 4.98 Å². The zero-order chi connectivity index (χ0) is 9.54. The lowest BCUT2D eigenvalue weighted by molar-refractivity contribution is 0.417. The molecule has 0 saturated heterocycles. The van der Waals surface area contributed by atoms with Crippen molar-refractivity contribution >= 4 is 0 Å². The van der Waals surface area contributed by atoms with Crippen LogP contribution in [-0.2, 0) is 0 Å². The zero-order valence-electron chi connectivity index (χ0n) is 8.70. The maximum Gasteiger partial charge on any atom is 0.197 e. The highest BCUT2D eigenvalue weighted by Crippen LogP contribution is 2.47. The van der Waals surface area contributed by atoms with Crippen LogP contribution in [0.2, 0.25) is 0 Å². The Bertz CT molecular complexity index is 325. The summed E-state index contributed by atoms with van der Waals surface area (Å²) in [7, 11) is 0. The number of oxazole rings is 1. The molecule has 2 heteroatoms. The average molecular weight is 191 g/mol. The topological polar surface area (TPSA) is 26.0 Å². The van der Waals surface area contributed by atoms with E-state index in [0.29, 0.717) is 11.8 Å². The second kappa shape index (κ2) is 3.11. The first-order valence-corrected chi connectivity index (χ1v) is 5.80. The number of rotatable bonds is 2. The molecule has 0 N–H and O–H groups in total. The van der Waals surface area contributed by atoms with E-state index in [1.165, 1.54) is 32.1 Å². The van der Waals surface area contributed by atoms with Gasteiger partial charge in [-0.15, -0.1) is 0 Å². The van der Waals surface area contributed by atoms with Crippen LogP contribution in [0.25, 0.3) is 0 Å². The van der Waals surface area contributed by atoms with E-state index in [1.54, 1.807) is 0 Å². The van der Waals surface area contributed by atoms with Crippen molar-refractivity contribution in [3.8, 4) is 0 Å². The Labute approximate surface area is 84.7 Å². The number of hydrogen-bond donors (Lipinski definition) is 0. The Morgan fingerprint density at radius 3 is 2.71 bits per heavy atom. The number of hydrogen-bond acceptors (Lipinski definition) is 2. The maximum atomic E-state index is 5.85. The van der Waals surface area contributed by atoms with Gasteiger partial charge in [0.05, 0.1) is 6.20 Å². The van der Waals surface area contributed by atoms with Crippen molar-refractivity contribution in [2.45, 2.75) is 50.9 Å². The molecule has 1 aromatic rings. The van der Waals surface area contributed by atoms with Gasteiger partial charge in [-0.2, -0.15) is 0 Å². The molecule has 0 spiro atoms. The highest BCUT2D eigenvalue weighted by Gasteiger charge is 2.37. The van der Waals surface area contributed by atoms with E-state index in [9.17, 15) is 0 Å². The summed E-state index contributed by atoms with van der Waals surface area (Å²) in [4.78, 5) is 4.43. The summed E-state index contributed by atoms with van der Waals surface area (Å²) in [6.45, 7) is 2.28. The van der Waals surface area contributed by atoms with Gasteiger partial charge in [-0.3, -0.25) is 0 Å². The van der Waals surface area contributed by atoms with Crippen LogP contribution in [-0.4, -0.2) is 4.98 Å². The van der Waals surface area contributed by atoms with Gasteiger partial charge in [-0.05, 0) is 25.2 Å². The Balaban J connectivity index is 1.76. The Morgan fingerprint density at radius 2 is 2.07 bits per heavy atom. The molecule has 14 heavy (non-hydrogen) atoms. The second-order valence-corrected chi connectivity index (χ2v) is 4.90. The fourth-order valence-corrected chi connectivity index (χ4v) is 2.55. The molecule has 2 fully saturated rings. The first kappa shape index (κ1) is 8.51. The van der Waals surface area contributed by atoms with Crippen molar-refractivity contribution in [1.29, 1.82) is 0 Å². The molecule has 0 amide bonds. The van der Waals surface area contributed by atoms with Crippen LogP contribution in [0.1, 0.15) is 62.5 Å². The van der Waals surface area contributed by atoms with Gasteiger partial charge < -0.3 is 4.42 Å². The van der Waals surface area contributed by atoms with Gasteiger partial charge in [0, 0.05) is 11.8 Å². The normalized spacial score (nSPS) is 32.4. The van der Waals surface area contributed by atoms with Crippen molar-refractivity contribution < 1.29 is 4.42 Å². The Kier molecular flexibility index (Phi) is 1.89. The highest BCUT2D eigenvalue weighted by atomic mass is 16.4. The third-order valence-electron chi connectivity index (χ3n) is 3.72. The molecular formula is C12H17NO. The van der Waals surface area contributed by atoms with Gasteiger partial charge in [0.25, 0.3) is 0 Å². The van der Waals surface area contributed by atoms with Crippen molar-refractivity contribution in [3.05, 3.63) is 17.8 Å². The van der Waals surface area contributed by atoms with Crippen LogP contribution in [0, 0.1) is 5.92 Å². The summed E-state index contributed by atoms with van der Waals surface area (Å²) >= 11 is 0. The van der Waals surface area contributed by atoms with Crippen LogP contribution in [0.15, 0.2) is 10.6 Å². The van der Waals surface area contributed by atoms with E-state index in [4.69, 9.17) is 4.42 Å². The van der Waals surface area contributed by atoms with E-state index in [-0.39, 0.29) is 0 Å². The van der Waals surface area contributed by atoms with Crippen molar-refractivity contribution in [2.75, 3.05) is 0 Å². The predicted octanol–water partition coefficient (Wildman–Crippen LogP) is 3.46. The molecule has 3 rings (SSSR count). The largest absolute Gasteiger partial charge is 0.445 e.